The SMILES string of the molecule is CN(Cc1nc(C(c2ccccc2)c2ccccc2)no1)C[C@@H]1Cc2ccccc2O1. The van der Waals surface area contributed by atoms with E-state index in [-0.39, 0.29) is 12.0 Å². The van der Waals surface area contributed by atoms with E-state index in [1.54, 1.807) is 0 Å². The molecule has 5 rings (SSSR count). The van der Waals surface area contributed by atoms with Gasteiger partial charge in [0.1, 0.15) is 11.9 Å². The Morgan fingerprint density at radius 1 is 0.903 bits per heavy atom. The van der Waals surface area contributed by atoms with Gasteiger partial charge in [-0.15, -0.1) is 0 Å². The van der Waals surface area contributed by atoms with Gasteiger partial charge >= 0.3 is 0 Å². The van der Waals surface area contributed by atoms with E-state index in [9.17, 15) is 0 Å². The number of nitrogens with zero attached hydrogens (tertiary/aromatic N) is 3. The molecule has 0 saturated carbocycles. The van der Waals surface area contributed by atoms with Gasteiger partial charge in [0, 0.05) is 13.0 Å². The monoisotopic (exact) mass is 411 g/mol. The largest absolute Gasteiger partial charge is 0.488 e. The summed E-state index contributed by atoms with van der Waals surface area (Å²) in [6.07, 6.45) is 1.07. The second-order valence-electron chi connectivity index (χ2n) is 8.05. The summed E-state index contributed by atoms with van der Waals surface area (Å²) >= 11 is 0. The lowest BCUT2D eigenvalue weighted by Gasteiger charge is -2.19. The summed E-state index contributed by atoms with van der Waals surface area (Å²) in [6, 6.07) is 28.9. The maximum atomic E-state index is 6.07. The number of benzene rings is 3. The highest BCUT2D eigenvalue weighted by Crippen LogP contribution is 2.30. The van der Waals surface area contributed by atoms with Crippen molar-refractivity contribution in [2.24, 2.45) is 0 Å². The van der Waals surface area contributed by atoms with E-state index in [0.717, 1.165) is 29.8 Å². The van der Waals surface area contributed by atoms with Crippen molar-refractivity contribution in [2.45, 2.75) is 25.0 Å². The van der Waals surface area contributed by atoms with Gasteiger partial charge in [0.15, 0.2) is 5.82 Å². The molecular weight excluding hydrogens is 386 g/mol. The van der Waals surface area contributed by atoms with E-state index < -0.39 is 0 Å². The highest BCUT2D eigenvalue weighted by Gasteiger charge is 2.25. The fraction of sp³-hybridized carbons (Fsp3) is 0.231. The summed E-state index contributed by atoms with van der Waals surface area (Å²) in [5.74, 6) is 2.24. The number of ether oxygens (including phenoxy) is 1. The van der Waals surface area contributed by atoms with Crippen LogP contribution in [0.5, 0.6) is 5.75 Å². The van der Waals surface area contributed by atoms with Crippen LogP contribution in [0.2, 0.25) is 0 Å². The summed E-state index contributed by atoms with van der Waals surface area (Å²) < 4.78 is 11.7. The van der Waals surface area contributed by atoms with Crippen molar-refractivity contribution in [3.05, 3.63) is 113 Å². The van der Waals surface area contributed by atoms with Gasteiger partial charge < -0.3 is 9.26 Å². The average Bonchev–Trinajstić information content (AvgIpc) is 3.42. The molecular formula is C26H25N3O2. The molecule has 3 aromatic carbocycles. The lowest BCUT2D eigenvalue weighted by Crippen LogP contribution is -2.31. The Bertz CT molecular complexity index is 1060. The van der Waals surface area contributed by atoms with Gasteiger partial charge in [0.25, 0.3) is 0 Å². The molecule has 4 aromatic rings. The smallest absolute Gasteiger partial charge is 0.240 e. The molecule has 0 aliphatic carbocycles. The second-order valence-corrected chi connectivity index (χ2v) is 8.05. The molecule has 0 amide bonds. The van der Waals surface area contributed by atoms with E-state index >= 15 is 0 Å². The van der Waals surface area contributed by atoms with E-state index in [2.05, 4.69) is 53.5 Å². The lowest BCUT2D eigenvalue weighted by molar-refractivity contribution is 0.155. The first kappa shape index (κ1) is 19.5. The number of fused-ring (bicyclic) bond motifs is 1. The molecule has 156 valence electrons. The zero-order chi connectivity index (χ0) is 21.0. The molecule has 5 heteroatoms. The van der Waals surface area contributed by atoms with Gasteiger partial charge in [-0.2, -0.15) is 4.98 Å². The highest BCUT2D eigenvalue weighted by molar-refractivity contribution is 5.38. The molecule has 0 unspecified atom stereocenters. The molecule has 1 aliphatic heterocycles. The number of aromatic nitrogens is 2. The molecule has 0 fully saturated rings. The molecule has 1 aliphatic rings. The summed E-state index contributed by atoms with van der Waals surface area (Å²) in [7, 11) is 2.06. The third kappa shape index (κ3) is 4.37. The zero-order valence-electron chi connectivity index (χ0n) is 17.5. The topological polar surface area (TPSA) is 51.4 Å². The van der Waals surface area contributed by atoms with Crippen molar-refractivity contribution < 1.29 is 9.26 Å². The summed E-state index contributed by atoms with van der Waals surface area (Å²) in [4.78, 5) is 6.93. The Labute approximate surface area is 182 Å². The van der Waals surface area contributed by atoms with Crippen LogP contribution in [0.15, 0.2) is 89.5 Å². The van der Waals surface area contributed by atoms with Crippen LogP contribution in [0.4, 0.5) is 0 Å². The Kier molecular flexibility index (Phi) is 5.50. The Hall–Kier alpha value is -3.44. The van der Waals surface area contributed by atoms with E-state index in [1.165, 1.54) is 5.56 Å². The van der Waals surface area contributed by atoms with Crippen molar-refractivity contribution in [2.75, 3.05) is 13.6 Å². The number of para-hydroxylation sites is 1. The predicted octanol–water partition coefficient (Wildman–Crippen LogP) is 4.69. The Morgan fingerprint density at radius 2 is 1.55 bits per heavy atom. The molecule has 0 spiro atoms. The number of hydrogen-bond donors (Lipinski definition) is 0. The predicted molar refractivity (Wildman–Crippen MR) is 119 cm³/mol. The van der Waals surface area contributed by atoms with Gasteiger partial charge in [-0.1, -0.05) is 84.0 Å². The second kappa shape index (κ2) is 8.74. The Morgan fingerprint density at radius 3 is 2.23 bits per heavy atom. The van der Waals surface area contributed by atoms with E-state index in [0.29, 0.717) is 18.3 Å². The van der Waals surface area contributed by atoms with Crippen LogP contribution < -0.4 is 4.74 Å². The maximum absolute atomic E-state index is 6.07. The average molecular weight is 412 g/mol. The van der Waals surface area contributed by atoms with Gasteiger partial charge in [-0.05, 0) is 29.8 Å². The fourth-order valence-corrected chi connectivity index (χ4v) is 4.23. The highest BCUT2D eigenvalue weighted by atomic mass is 16.5. The molecule has 0 saturated heterocycles. The first-order valence-electron chi connectivity index (χ1n) is 10.6. The minimum atomic E-state index is -0.0575. The van der Waals surface area contributed by atoms with Crippen LogP contribution in [0.3, 0.4) is 0 Å². The van der Waals surface area contributed by atoms with Gasteiger partial charge in [0.2, 0.25) is 5.89 Å². The standard InChI is InChI=1S/C26H25N3O2/c1-29(17-22-16-21-14-8-9-15-23(21)30-22)18-24-27-26(28-31-24)25(19-10-4-2-5-11-19)20-12-6-3-7-13-20/h2-15,22,25H,16-18H2,1H3/t22-/m0/s1. The minimum absolute atomic E-state index is 0.0575. The number of likely N-dealkylation sites (N-methyl/N-ethyl adjacent to an activating group) is 1. The molecule has 0 bridgehead atoms. The number of hydrogen-bond acceptors (Lipinski definition) is 5. The third-order valence-electron chi connectivity index (χ3n) is 5.64. The number of rotatable bonds is 7. The van der Waals surface area contributed by atoms with Crippen molar-refractivity contribution >= 4 is 0 Å². The first-order valence-corrected chi connectivity index (χ1v) is 10.6. The van der Waals surface area contributed by atoms with Crippen LogP contribution in [0, 0.1) is 0 Å². The van der Waals surface area contributed by atoms with Gasteiger partial charge in [-0.3, -0.25) is 4.90 Å². The zero-order valence-corrected chi connectivity index (χ0v) is 17.5. The molecule has 31 heavy (non-hydrogen) atoms. The lowest BCUT2D eigenvalue weighted by atomic mass is 9.91. The minimum Gasteiger partial charge on any atom is -0.488 e. The van der Waals surface area contributed by atoms with Crippen LogP contribution in [0.25, 0.3) is 0 Å². The quantitative estimate of drug-likeness (QED) is 0.442. The van der Waals surface area contributed by atoms with Crippen molar-refractivity contribution in [3.8, 4) is 5.75 Å². The molecule has 5 nitrogen and oxygen atoms in total. The van der Waals surface area contributed by atoms with Crippen LogP contribution in [-0.2, 0) is 13.0 Å². The van der Waals surface area contributed by atoms with Crippen LogP contribution in [0.1, 0.15) is 34.3 Å². The van der Waals surface area contributed by atoms with Crippen LogP contribution in [-0.4, -0.2) is 34.7 Å². The molecule has 0 radical (unpaired) electrons. The van der Waals surface area contributed by atoms with Crippen molar-refractivity contribution in [3.63, 3.8) is 0 Å². The van der Waals surface area contributed by atoms with Crippen molar-refractivity contribution in [1.82, 2.24) is 15.0 Å². The summed E-state index contributed by atoms with van der Waals surface area (Å²) in [5, 5.41) is 4.34. The molecule has 0 N–H and O–H groups in total. The van der Waals surface area contributed by atoms with Crippen LogP contribution >= 0.6 is 0 Å². The van der Waals surface area contributed by atoms with E-state index in [1.807, 2.05) is 48.5 Å². The summed E-state index contributed by atoms with van der Waals surface area (Å²) in [5.41, 5.74) is 3.56. The van der Waals surface area contributed by atoms with E-state index in [4.69, 9.17) is 14.2 Å². The fourth-order valence-electron chi connectivity index (χ4n) is 4.23. The van der Waals surface area contributed by atoms with Crippen molar-refractivity contribution in [1.29, 1.82) is 0 Å². The Balaban J connectivity index is 1.29. The first-order chi connectivity index (χ1) is 15.3. The third-order valence-corrected chi connectivity index (χ3v) is 5.64. The molecule has 1 atom stereocenters. The molecule has 1 aromatic heterocycles. The summed E-state index contributed by atoms with van der Waals surface area (Å²) in [6.45, 7) is 1.38. The van der Waals surface area contributed by atoms with Gasteiger partial charge in [0.05, 0.1) is 12.5 Å². The maximum Gasteiger partial charge on any atom is 0.240 e. The van der Waals surface area contributed by atoms with Gasteiger partial charge in [-0.25, -0.2) is 0 Å². The normalized spacial score (nSPS) is 15.3. The molecule has 2 heterocycles.